The molecule has 0 saturated heterocycles. The number of aromatic carboxylic acids is 1. The largest absolute Gasteiger partial charge is 0.478 e. The second kappa shape index (κ2) is 5.67. The van der Waals surface area contributed by atoms with Crippen molar-refractivity contribution in [1.82, 2.24) is 15.3 Å². The number of hydrogen-bond donors (Lipinski definition) is 4. The number of aliphatic hydroxyl groups excluding tert-OH is 2. The normalized spacial score (nSPS) is 11.5. The lowest BCUT2D eigenvalue weighted by atomic mass is 10.1. The Morgan fingerprint density at radius 3 is 2.65 bits per heavy atom. The molecule has 0 spiro atoms. The van der Waals surface area contributed by atoms with Crippen molar-refractivity contribution in [3.63, 3.8) is 0 Å². The molecule has 1 aromatic heterocycles. The molecule has 0 aliphatic heterocycles. The maximum Gasteiger partial charge on any atom is 0.339 e. The van der Waals surface area contributed by atoms with Crippen LogP contribution in [0.25, 0.3) is 0 Å². The summed E-state index contributed by atoms with van der Waals surface area (Å²) in [6.07, 6.45) is 2.46. The van der Waals surface area contributed by atoms with Gasteiger partial charge in [-0.05, 0) is 6.92 Å². The summed E-state index contributed by atoms with van der Waals surface area (Å²) >= 11 is 0. The highest BCUT2D eigenvalue weighted by Gasteiger charge is 2.22. The lowest BCUT2D eigenvalue weighted by molar-refractivity contribution is 0.0693. The molecule has 0 fully saturated rings. The van der Waals surface area contributed by atoms with Crippen LogP contribution in [0.3, 0.4) is 0 Å². The summed E-state index contributed by atoms with van der Waals surface area (Å²) in [6, 6.07) is 0. The number of nitrogens with one attached hydrogen (secondary N) is 1. The van der Waals surface area contributed by atoms with Crippen LogP contribution < -0.4 is 5.32 Å². The van der Waals surface area contributed by atoms with E-state index in [-0.39, 0.29) is 25.3 Å². The molecular weight excluding hydrogens is 226 g/mol. The van der Waals surface area contributed by atoms with E-state index in [1.807, 2.05) is 0 Å². The first-order chi connectivity index (χ1) is 8.02. The van der Waals surface area contributed by atoms with Gasteiger partial charge in [-0.15, -0.1) is 0 Å². The van der Waals surface area contributed by atoms with Gasteiger partial charge in [0, 0.05) is 12.7 Å². The van der Waals surface area contributed by atoms with Crippen molar-refractivity contribution in [3.8, 4) is 0 Å². The van der Waals surface area contributed by atoms with Crippen molar-refractivity contribution in [2.45, 2.75) is 19.0 Å². The maximum atomic E-state index is 10.9. The van der Waals surface area contributed by atoms with E-state index < -0.39 is 11.5 Å². The third-order valence-electron chi connectivity index (χ3n) is 2.41. The molecule has 0 aliphatic carbocycles. The Bertz CT molecular complexity index is 393. The van der Waals surface area contributed by atoms with Crippen LogP contribution in [0.2, 0.25) is 0 Å². The molecule has 0 aliphatic rings. The van der Waals surface area contributed by atoms with Gasteiger partial charge >= 0.3 is 5.97 Å². The molecule has 1 rings (SSSR count). The van der Waals surface area contributed by atoms with Gasteiger partial charge in [-0.3, -0.25) is 0 Å². The smallest absolute Gasteiger partial charge is 0.339 e. The van der Waals surface area contributed by atoms with E-state index in [4.69, 9.17) is 15.3 Å². The van der Waals surface area contributed by atoms with Crippen molar-refractivity contribution >= 4 is 5.97 Å². The number of aliphatic hydroxyl groups is 2. The van der Waals surface area contributed by atoms with Crippen LogP contribution >= 0.6 is 0 Å². The average Bonchev–Trinajstić information content (AvgIpc) is 2.36. The van der Waals surface area contributed by atoms with Gasteiger partial charge in [0.2, 0.25) is 0 Å². The van der Waals surface area contributed by atoms with Gasteiger partial charge < -0.3 is 20.6 Å². The van der Waals surface area contributed by atoms with Crippen LogP contribution in [0.15, 0.2) is 12.5 Å². The van der Waals surface area contributed by atoms with Crippen LogP contribution in [0.4, 0.5) is 0 Å². The highest BCUT2D eigenvalue weighted by molar-refractivity contribution is 5.88. The molecule has 1 heterocycles. The van der Waals surface area contributed by atoms with Crippen molar-refractivity contribution in [2.24, 2.45) is 0 Å². The highest BCUT2D eigenvalue weighted by atomic mass is 16.4. The Morgan fingerprint density at radius 2 is 2.12 bits per heavy atom. The second-order valence-corrected chi connectivity index (χ2v) is 3.92. The van der Waals surface area contributed by atoms with Gasteiger partial charge in [-0.1, -0.05) is 0 Å². The summed E-state index contributed by atoms with van der Waals surface area (Å²) < 4.78 is 0. The summed E-state index contributed by atoms with van der Waals surface area (Å²) in [5, 5.41) is 29.9. The first-order valence-electron chi connectivity index (χ1n) is 5.01. The fraction of sp³-hybridized carbons (Fsp3) is 0.500. The number of aromatic nitrogens is 2. The number of hydrogen-bond acceptors (Lipinski definition) is 6. The Balaban J connectivity index is 2.79. The molecule has 0 unspecified atom stereocenters. The number of carboxylic acid groups (broad SMARTS) is 1. The predicted molar refractivity (Wildman–Crippen MR) is 58.4 cm³/mol. The molecule has 0 aromatic carbocycles. The van der Waals surface area contributed by atoms with E-state index in [2.05, 4.69) is 15.3 Å². The van der Waals surface area contributed by atoms with Gasteiger partial charge in [0.05, 0.1) is 24.4 Å². The Hall–Kier alpha value is -1.57. The summed E-state index contributed by atoms with van der Waals surface area (Å²) in [4.78, 5) is 18.4. The summed E-state index contributed by atoms with van der Waals surface area (Å²) in [5.74, 6) is -1.11. The zero-order valence-electron chi connectivity index (χ0n) is 9.42. The number of carbonyl (C=O) groups is 1. The molecule has 0 saturated carbocycles. The van der Waals surface area contributed by atoms with Gasteiger partial charge in [0.25, 0.3) is 0 Å². The number of carboxylic acids is 1. The summed E-state index contributed by atoms with van der Waals surface area (Å²) in [7, 11) is 0. The van der Waals surface area contributed by atoms with Crippen molar-refractivity contribution in [2.75, 3.05) is 13.2 Å². The van der Waals surface area contributed by atoms with Gasteiger partial charge in [-0.2, -0.15) is 0 Å². The van der Waals surface area contributed by atoms with Gasteiger partial charge in [0.1, 0.15) is 11.9 Å². The Kier molecular flexibility index (Phi) is 4.50. The lowest BCUT2D eigenvalue weighted by Crippen LogP contribution is -2.48. The van der Waals surface area contributed by atoms with Crippen molar-refractivity contribution in [1.29, 1.82) is 0 Å². The van der Waals surface area contributed by atoms with Crippen LogP contribution in [-0.2, 0) is 6.54 Å². The molecule has 1 aromatic rings. The van der Waals surface area contributed by atoms with Gasteiger partial charge in [0.15, 0.2) is 0 Å². The minimum Gasteiger partial charge on any atom is -0.478 e. The highest BCUT2D eigenvalue weighted by Crippen LogP contribution is 2.07. The number of nitrogens with zero attached hydrogens (tertiary/aromatic N) is 2. The molecule has 7 nitrogen and oxygen atoms in total. The molecule has 94 valence electrons. The second-order valence-electron chi connectivity index (χ2n) is 3.92. The molecule has 0 bridgehead atoms. The molecule has 7 heteroatoms. The standard InChI is InChI=1S/C10H15N3O4/c1-10(4-14,5-15)13-3-8-7(9(16)17)2-11-6-12-8/h2,6,13-15H,3-5H2,1H3,(H,16,17). The van der Waals surface area contributed by atoms with Gasteiger partial charge in [-0.25, -0.2) is 14.8 Å². The fourth-order valence-electron chi connectivity index (χ4n) is 1.13. The van der Waals surface area contributed by atoms with Crippen molar-refractivity contribution in [3.05, 3.63) is 23.8 Å². The average molecular weight is 241 g/mol. The van der Waals surface area contributed by atoms with E-state index in [0.717, 1.165) is 0 Å². The number of rotatable bonds is 6. The van der Waals surface area contributed by atoms with E-state index in [0.29, 0.717) is 5.69 Å². The predicted octanol–water partition coefficient (Wildman–Crippen LogP) is -0.992. The van der Waals surface area contributed by atoms with E-state index in [1.54, 1.807) is 6.92 Å². The maximum absolute atomic E-state index is 10.9. The third-order valence-corrected chi connectivity index (χ3v) is 2.41. The first-order valence-corrected chi connectivity index (χ1v) is 5.01. The summed E-state index contributed by atoms with van der Waals surface area (Å²) in [6.45, 7) is 1.21. The minimum absolute atomic E-state index is 0.00164. The van der Waals surface area contributed by atoms with Crippen LogP contribution in [0.1, 0.15) is 23.0 Å². The zero-order chi connectivity index (χ0) is 12.9. The van der Waals surface area contributed by atoms with Crippen LogP contribution in [0.5, 0.6) is 0 Å². The molecule has 0 atom stereocenters. The molecule has 4 N–H and O–H groups in total. The Morgan fingerprint density at radius 1 is 1.47 bits per heavy atom. The fourth-order valence-corrected chi connectivity index (χ4v) is 1.13. The molecule has 0 amide bonds. The Labute approximate surface area is 98.2 Å². The third kappa shape index (κ3) is 3.45. The first kappa shape index (κ1) is 13.5. The van der Waals surface area contributed by atoms with Crippen LogP contribution in [0, 0.1) is 0 Å². The zero-order valence-corrected chi connectivity index (χ0v) is 9.42. The molecular formula is C10H15N3O4. The lowest BCUT2D eigenvalue weighted by Gasteiger charge is -2.26. The minimum atomic E-state index is -1.11. The topological polar surface area (TPSA) is 116 Å². The van der Waals surface area contributed by atoms with Crippen LogP contribution in [-0.4, -0.2) is 50.0 Å². The van der Waals surface area contributed by atoms with E-state index in [9.17, 15) is 4.79 Å². The monoisotopic (exact) mass is 241 g/mol. The van der Waals surface area contributed by atoms with E-state index >= 15 is 0 Å². The quantitative estimate of drug-likeness (QED) is 0.505. The molecule has 17 heavy (non-hydrogen) atoms. The SMILES string of the molecule is CC(CO)(CO)NCc1ncncc1C(=O)O. The van der Waals surface area contributed by atoms with E-state index in [1.165, 1.54) is 12.5 Å². The molecule has 0 radical (unpaired) electrons. The van der Waals surface area contributed by atoms with Crippen molar-refractivity contribution < 1.29 is 20.1 Å². The summed E-state index contributed by atoms with van der Waals surface area (Å²) in [5.41, 5.74) is -0.570.